The van der Waals surface area contributed by atoms with Crippen molar-refractivity contribution in [1.29, 1.82) is 0 Å². The predicted octanol–water partition coefficient (Wildman–Crippen LogP) is 0.576. The van der Waals surface area contributed by atoms with Crippen LogP contribution in [0.3, 0.4) is 0 Å². The molecular weight excluding hydrogens is 268 g/mol. The van der Waals surface area contributed by atoms with Crippen molar-refractivity contribution >= 4 is 16.0 Å². The van der Waals surface area contributed by atoms with Gasteiger partial charge in [0.2, 0.25) is 10.0 Å². The Morgan fingerprint density at radius 1 is 1.37 bits per heavy atom. The van der Waals surface area contributed by atoms with Crippen LogP contribution in [-0.4, -0.2) is 51.2 Å². The zero-order valence-electron chi connectivity index (χ0n) is 12.3. The first-order chi connectivity index (χ1) is 8.68. The average molecular weight is 294 g/mol. The van der Waals surface area contributed by atoms with E-state index in [2.05, 4.69) is 4.74 Å². The lowest BCUT2D eigenvalue weighted by atomic mass is 9.94. The highest BCUT2D eigenvalue weighted by atomic mass is 32.2. The molecule has 0 aromatic rings. The molecule has 0 unspecified atom stereocenters. The molecule has 7 heteroatoms. The van der Waals surface area contributed by atoms with Crippen LogP contribution >= 0.6 is 0 Å². The van der Waals surface area contributed by atoms with Crippen LogP contribution in [-0.2, 0) is 19.6 Å². The highest BCUT2D eigenvalue weighted by molar-refractivity contribution is 7.89. The third-order valence-electron chi connectivity index (χ3n) is 2.91. The van der Waals surface area contributed by atoms with Crippen molar-refractivity contribution in [2.75, 3.05) is 32.5 Å². The second kappa shape index (κ2) is 7.81. The Labute approximate surface area is 116 Å². The molecule has 0 atom stereocenters. The van der Waals surface area contributed by atoms with Crippen molar-refractivity contribution in [1.82, 2.24) is 4.31 Å². The Hall–Kier alpha value is -0.660. The molecule has 2 N–H and O–H groups in total. The van der Waals surface area contributed by atoms with E-state index in [1.54, 1.807) is 6.92 Å². The van der Waals surface area contributed by atoms with Gasteiger partial charge in [0.05, 0.1) is 12.9 Å². The van der Waals surface area contributed by atoms with Crippen LogP contribution in [0, 0.1) is 5.41 Å². The summed E-state index contributed by atoms with van der Waals surface area (Å²) in [6, 6.07) is 0. The van der Waals surface area contributed by atoms with Gasteiger partial charge in [0.15, 0.2) is 0 Å². The zero-order valence-corrected chi connectivity index (χ0v) is 13.1. The van der Waals surface area contributed by atoms with Crippen LogP contribution in [0.2, 0.25) is 0 Å². The van der Waals surface area contributed by atoms with Crippen LogP contribution < -0.4 is 5.73 Å². The molecule has 0 radical (unpaired) electrons. The Balaban J connectivity index is 4.54. The number of carbonyl (C=O) groups is 1. The van der Waals surface area contributed by atoms with Crippen LogP contribution in [0.15, 0.2) is 0 Å². The minimum Gasteiger partial charge on any atom is -0.469 e. The Bertz CT molecular complexity index is 379. The van der Waals surface area contributed by atoms with Gasteiger partial charge in [0, 0.05) is 19.5 Å². The molecule has 0 fully saturated rings. The summed E-state index contributed by atoms with van der Waals surface area (Å²) in [7, 11) is -2.06. The van der Waals surface area contributed by atoms with Gasteiger partial charge in [-0.3, -0.25) is 4.79 Å². The highest BCUT2D eigenvalue weighted by Crippen LogP contribution is 2.18. The van der Waals surface area contributed by atoms with Crippen molar-refractivity contribution in [3.63, 3.8) is 0 Å². The lowest BCUT2D eigenvalue weighted by Gasteiger charge is -2.30. The van der Waals surface area contributed by atoms with Gasteiger partial charge in [-0.15, -0.1) is 0 Å². The molecule has 0 rings (SSSR count). The van der Waals surface area contributed by atoms with E-state index in [1.165, 1.54) is 11.4 Å². The van der Waals surface area contributed by atoms with E-state index in [-0.39, 0.29) is 30.0 Å². The molecule has 0 saturated heterocycles. The summed E-state index contributed by atoms with van der Waals surface area (Å²) >= 11 is 0. The molecule has 0 heterocycles. The van der Waals surface area contributed by atoms with Gasteiger partial charge in [-0.1, -0.05) is 20.8 Å². The van der Waals surface area contributed by atoms with E-state index < -0.39 is 10.0 Å². The summed E-state index contributed by atoms with van der Waals surface area (Å²) in [6.07, 6.45) is 0.391. The standard InChI is InChI=1S/C12H26N2O4S/c1-5-14(10-12(2,3)9-13)19(16,17)8-6-7-11(15)18-4/h5-10,13H2,1-4H3. The summed E-state index contributed by atoms with van der Waals surface area (Å²) in [5.41, 5.74) is 5.37. The topological polar surface area (TPSA) is 89.7 Å². The van der Waals surface area contributed by atoms with Gasteiger partial charge in [0.25, 0.3) is 0 Å². The number of hydrogen-bond donors (Lipinski definition) is 1. The average Bonchev–Trinajstić information content (AvgIpc) is 2.35. The number of methoxy groups -OCH3 is 1. The lowest BCUT2D eigenvalue weighted by molar-refractivity contribution is -0.140. The smallest absolute Gasteiger partial charge is 0.305 e. The fraction of sp³-hybridized carbons (Fsp3) is 0.917. The Morgan fingerprint density at radius 2 is 1.95 bits per heavy atom. The maximum absolute atomic E-state index is 12.2. The van der Waals surface area contributed by atoms with Crippen LogP contribution in [0.5, 0.6) is 0 Å². The number of ether oxygens (including phenoxy) is 1. The Kier molecular flexibility index (Phi) is 7.54. The van der Waals surface area contributed by atoms with Gasteiger partial charge in [-0.2, -0.15) is 0 Å². The monoisotopic (exact) mass is 294 g/mol. The third kappa shape index (κ3) is 6.89. The molecule has 0 aliphatic carbocycles. The minimum atomic E-state index is -3.35. The molecule has 0 spiro atoms. The van der Waals surface area contributed by atoms with E-state index >= 15 is 0 Å². The normalized spacial score (nSPS) is 12.7. The van der Waals surface area contributed by atoms with Crippen molar-refractivity contribution in [3.8, 4) is 0 Å². The lowest BCUT2D eigenvalue weighted by Crippen LogP contribution is -2.42. The van der Waals surface area contributed by atoms with Gasteiger partial charge in [0.1, 0.15) is 0 Å². The van der Waals surface area contributed by atoms with Crippen molar-refractivity contribution < 1.29 is 17.9 Å². The highest BCUT2D eigenvalue weighted by Gasteiger charge is 2.27. The second-order valence-corrected chi connectivity index (χ2v) is 7.38. The number of hydrogen-bond acceptors (Lipinski definition) is 5. The molecular formula is C12H26N2O4S. The molecule has 19 heavy (non-hydrogen) atoms. The second-order valence-electron chi connectivity index (χ2n) is 5.29. The molecule has 0 aromatic carbocycles. The molecule has 0 aliphatic heterocycles. The summed E-state index contributed by atoms with van der Waals surface area (Å²) in [5, 5.41) is 0. The van der Waals surface area contributed by atoms with Crippen molar-refractivity contribution in [2.45, 2.75) is 33.6 Å². The van der Waals surface area contributed by atoms with Gasteiger partial charge in [-0.05, 0) is 18.4 Å². The maximum Gasteiger partial charge on any atom is 0.305 e. The molecule has 0 aliphatic rings. The van der Waals surface area contributed by atoms with E-state index in [0.717, 1.165) is 0 Å². The van der Waals surface area contributed by atoms with Gasteiger partial charge < -0.3 is 10.5 Å². The first kappa shape index (κ1) is 18.3. The van der Waals surface area contributed by atoms with Crippen LogP contribution in [0.1, 0.15) is 33.6 Å². The molecule has 0 saturated carbocycles. The fourth-order valence-corrected chi connectivity index (χ4v) is 3.29. The van der Waals surface area contributed by atoms with Crippen molar-refractivity contribution in [2.24, 2.45) is 11.1 Å². The molecule has 0 bridgehead atoms. The number of sulfonamides is 1. The van der Waals surface area contributed by atoms with Gasteiger partial charge >= 0.3 is 5.97 Å². The number of nitrogens with zero attached hydrogens (tertiary/aromatic N) is 1. The summed E-state index contributed by atoms with van der Waals surface area (Å²) in [6.45, 7) is 6.87. The van der Waals surface area contributed by atoms with Crippen molar-refractivity contribution in [3.05, 3.63) is 0 Å². The summed E-state index contributed by atoms with van der Waals surface area (Å²) in [5.74, 6) is -0.433. The van der Waals surface area contributed by atoms with E-state index in [4.69, 9.17) is 5.73 Å². The van der Waals surface area contributed by atoms with Crippen LogP contribution in [0.4, 0.5) is 0 Å². The fourth-order valence-electron chi connectivity index (χ4n) is 1.58. The predicted molar refractivity (Wildman–Crippen MR) is 75.1 cm³/mol. The first-order valence-electron chi connectivity index (χ1n) is 6.43. The van der Waals surface area contributed by atoms with Crippen LogP contribution in [0.25, 0.3) is 0 Å². The van der Waals surface area contributed by atoms with E-state index in [0.29, 0.717) is 19.6 Å². The first-order valence-corrected chi connectivity index (χ1v) is 8.04. The quantitative estimate of drug-likeness (QED) is 0.628. The summed E-state index contributed by atoms with van der Waals surface area (Å²) in [4.78, 5) is 11.0. The zero-order chi connectivity index (χ0) is 15.1. The van der Waals surface area contributed by atoms with E-state index in [9.17, 15) is 13.2 Å². The number of rotatable bonds is 9. The number of esters is 1. The van der Waals surface area contributed by atoms with Gasteiger partial charge in [-0.25, -0.2) is 12.7 Å². The molecule has 6 nitrogen and oxygen atoms in total. The molecule has 0 amide bonds. The Morgan fingerprint density at radius 3 is 2.37 bits per heavy atom. The number of carbonyl (C=O) groups excluding carboxylic acids is 1. The molecule has 0 aromatic heterocycles. The maximum atomic E-state index is 12.2. The molecule has 114 valence electrons. The largest absolute Gasteiger partial charge is 0.469 e. The number of nitrogens with two attached hydrogens (primary N) is 1. The minimum absolute atomic E-state index is 0.0450. The summed E-state index contributed by atoms with van der Waals surface area (Å²) < 4.78 is 30.2. The SMILES string of the molecule is CCN(CC(C)(C)CN)S(=O)(=O)CCCC(=O)OC. The van der Waals surface area contributed by atoms with E-state index in [1.807, 2.05) is 13.8 Å². The third-order valence-corrected chi connectivity index (χ3v) is 4.89.